The van der Waals surface area contributed by atoms with Crippen molar-refractivity contribution in [2.24, 2.45) is 23.3 Å². The summed E-state index contributed by atoms with van der Waals surface area (Å²) in [6.45, 7) is 11.5. The monoisotopic (exact) mass is 1110 g/mol. The van der Waals surface area contributed by atoms with Crippen LogP contribution in [-0.2, 0) is 60.8 Å². The fourth-order valence-corrected chi connectivity index (χ4v) is 10.6. The Balaban J connectivity index is 1.55. The van der Waals surface area contributed by atoms with Crippen LogP contribution in [0.15, 0.2) is 60.7 Å². The molecule has 0 spiro atoms. The molecule has 0 bridgehead atoms. The second kappa shape index (κ2) is 31.7. The molecule has 3 heterocycles. The zero-order chi connectivity index (χ0) is 58.5. The van der Waals surface area contributed by atoms with Gasteiger partial charge in [0.05, 0.1) is 0 Å². The maximum absolute atomic E-state index is 14.8. The van der Waals surface area contributed by atoms with Crippen LogP contribution in [0.1, 0.15) is 130 Å². The predicted octanol–water partition coefficient (Wildman–Crippen LogP) is 0.736. The average Bonchev–Trinajstić information content (AvgIpc) is 4.14. The number of hydrogen-bond acceptors (Lipinski definition) is 12. The van der Waals surface area contributed by atoms with Crippen molar-refractivity contribution in [2.75, 3.05) is 26.2 Å². The zero-order valence-corrected chi connectivity index (χ0v) is 47.6. The Morgan fingerprint density at radius 3 is 1.05 bits per heavy atom. The summed E-state index contributed by atoms with van der Waals surface area (Å²) in [6, 6.07) is 6.44. The molecule has 0 saturated carbocycles. The van der Waals surface area contributed by atoms with Crippen LogP contribution in [0.3, 0.4) is 0 Å². The summed E-state index contributed by atoms with van der Waals surface area (Å²) in [5, 5.41) is 22.6. The van der Waals surface area contributed by atoms with Gasteiger partial charge in [0.15, 0.2) is 0 Å². The summed E-state index contributed by atoms with van der Waals surface area (Å²) in [7, 11) is 0. The van der Waals surface area contributed by atoms with Crippen molar-refractivity contribution in [3.8, 4) is 0 Å². The molecular formula is C58H88N12O10. The number of benzene rings is 2. The molecule has 22 heteroatoms. The minimum atomic E-state index is -1.21. The summed E-state index contributed by atoms with van der Waals surface area (Å²) < 4.78 is 0. The Labute approximate surface area is 470 Å². The highest BCUT2D eigenvalue weighted by molar-refractivity contribution is 6.00. The van der Waals surface area contributed by atoms with Gasteiger partial charge in [0.1, 0.15) is 60.4 Å². The van der Waals surface area contributed by atoms with E-state index in [4.69, 9.17) is 11.5 Å². The second-order valence-corrected chi connectivity index (χ2v) is 22.2. The number of hydrogen-bond donors (Lipinski definition) is 10. The number of carbonyl (C=O) groups excluding carboxylic acids is 10. The van der Waals surface area contributed by atoms with Gasteiger partial charge in [-0.2, -0.15) is 0 Å². The molecule has 2 aromatic rings. The van der Waals surface area contributed by atoms with Crippen LogP contribution in [0, 0.1) is 11.8 Å². The minimum absolute atomic E-state index is 0.0326. The lowest BCUT2D eigenvalue weighted by Gasteiger charge is -2.32. The standard InChI is InChI=1S/C58H88N12O10/c1-7-39-49(71)63-41(23-15-27-59)51(73)65-43(31-35(3)4)53(75)68-46(34-38-21-13-10-14-22-38)58(80)70-30-18-26-48(70)56(78)62-40(8-2)50(72)64-42(24-16-28-60)52(74)66-44(32-36(5)6)54(76)67-45(33-37-19-11-9-12-20-37)57(79)69-29-17-25-47(69)55(77)61-39/h9-14,19-22,35-36,39-48H,7-8,15-18,23-34,59-60H2,1-6H3,(H,61,77)(H,62,78)(H,63,71)(H,64,72)(H,65,73)(H,66,74)(H,67,76)(H,68,75). The lowest BCUT2D eigenvalue weighted by molar-refractivity contribution is -0.143. The molecule has 3 saturated heterocycles. The van der Waals surface area contributed by atoms with Gasteiger partial charge < -0.3 is 63.8 Å². The van der Waals surface area contributed by atoms with E-state index >= 15 is 0 Å². The molecule has 440 valence electrons. The van der Waals surface area contributed by atoms with Crippen molar-refractivity contribution in [3.63, 3.8) is 0 Å². The number of carbonyl (C=O) groups is 10. The molecule has 12 N–H and O–H groups in total. The number of amides is 10. The molecule has 10 unspecified atom stereocenters. The Bertz CT molecular complexity index is 2260. The number of nitrogens with one attached hydrogen (secondary N) is 8. The molecule has 2 aromatic carbocycles. The summed E-state index contributed by atoms with van der Waals surface area (Å²) in [4.78, 5) is 147. The van der Waals surface area contributed by atoms with Gasteiger partial charge in [-0.3, -0.25) is 47.9 Å². The maximum atomic E-state index is 14.8. The summed E-state index contributed by atoms with van der Waals surface area (Å²) in [6.07, 6.45) is 2.72. The Morgan fingerprint density at radius 1 is 0.425 bits per heavy atom. The van der Waals surface area contributed by atoms with Gasteiger partial charge in [0, 0.05) is 25.9 Å². The van der Waals surface area contributed by atoms with Crippen molar-refractivity contribution in [1.29, 1.82) is 0 Å². The SMILES string of the molecule is CCC1NC(=O)C2CCCN2C(=O)C(Cc2ccccc2)NC(=O)C(CC(C)C)NC(=O)C(CCCN)NC(=O)C(CC)NC(=O)C2CCCN2C(=O)C(Cc2ccccc2)NC(=O)C(CC(C)C)NC(=O)C(CCCN)NC1=O. The van der Waals surface area contributed by atoms with Crippen molar-refractivity contribution in [2.45, 2.75) is 192 Å². The summed E-state index contributed by atoms with van der Waals surface area (Å²) >= 11 is 0. The summed E-state index contributed by atoms with van der Waals surface area (Å²) in [5.41, 5.74) is 13.2. The number of nitrogens with zero attached hydrogens (tertiary/aromatic N) is 2. The first kappa shape index (κ1) is 63.9. The highest BCUT2D eigenvalue weighted by Gasteiger charge is 2.42. The van der Waals surface area contributed by atoms with E-state index in [2.05, 4.69) is 42.5 Å². The zero-order valence-electron chi connectivity index (χ0n) is 47.6. The van der Waals surface area contributed by atoms with Crippen LogP contribution < -0.4 is 54.0 Å². The van der Waals surface area contributed by atoms with E-state index in [9.17, 15) is 47.9 Å². The Kier molecular flexibility index (Phi) is 25.4. The van der Waals surface area contributed by atoms with Crippen molar-refractivity contribution in [1.82, 2.24) is 52.3 Å². The molecule has 80 heavy (non-hydrogen) atoms. The lowest BCUT2D eigenvalue weighted by atomic mass is 9.99. The topological polar surface area (TPSA) is 325 Å². The number of fused-ring (bicyclic) bond motifs is 2. The van der Waals surface area contributed by atoms with Gasteiger partial charge >= 0.3 is 0 Å². The first-order valence-corrected chi connectivity index (χ1v) is 28.8. The third kappa shape index (κ3) is 18.6. The van der Waals surface area contributed by atoms with Gasteiger partial charge in [-0.15, -0.1) is 0 Å². The van der Waals surface area contributed by atoms with Gasteiger partial charge in [0.2, 0.25) is 59.1 Å². The maximum Gasteiger partial charge on any atom is 0.246 e. The lowest BCUT2D eigenvalue weighted by Crippen LogP contribution is -2.61. The molecule has 10 amide bonds. The molecule has 22 nitrogen and oxygen atoms in total. The predicted molar refractivity (Wildman–Crippen MR) is 301 cm³/mol. The van der Waals surface area contributed by atoms with Crippen molar-refractivity contribution in [3.05, 3.63) is 71.8 Å². The number of rotatable bonds is 16. The molecule has 0 aliphatic carbocycles. The molecule has 5 rings (SSSR count). The molecule has 3 fully saturated rings. The molecule has 3 aliphatic rings. The van der Waals surface area contributed by atoms with E-state index in [1.165, 1.54) is 9.80 Å². The highest BCUT2D eigenvalue weighted by Crippen LogP contribution is 2.23. The van der Waals surface area contributed by atoms with E-state index < -0.39 is 119 Å². The van der Waals surface area contributed by atoms with Crippen LogP contribution in [0.2, 0.25) is 0 Å². The Hall–Kier alpha value is -6.94. The van der Waals surface area contributed by atoms with Gasteiger partial charge in [-0.25, -0.2) is 0 Å². The van der Waals surface area contributed by atoms with Crippen LogP contribution in [0.5, 0.6) is 0 Å². The molecule has 0 radical (unpaired) electrons. The molecule has 0 aromatic heterocycles. The smallest absolute Gasteiger partial charge is 0.246 e. The van der Waals surface area contributed by atoms with E-state index in [1.807, 2.05) is 39.8 Å². The number of nitrogens with two attached hydrogens (primary N) is 2. The van der Waals surface area contributed by atoms with Crippen LogP contribution in [-0.4, -0.2) is 155 Å². The van der Waals surface area contributed by atoms with Crippen LogP contribution in [0.4, 0.5) is 0 Å². The van der Waals surface area contributed by atoms with Crippen molar-refractivity contribution >= 4 is 59.1 Å². The minimum Gasteiger partial charge on any atom is -0.343 e. The van der Waals surface area contributed by atoms with E-state index in [-0.39, 0.29) is 102 Å². The van der Waals surface area contributed by atoms with E-state index in [0.717, 1.165) is 0 Å². The van der Waals surface area contributed by atoms with Gasteiger partial charge in [-0.1, -0.05) is 102 Å². The van der Waals surface area contributed by atoms with Crippen molar-refractivity contribution < 1.29 is 47.9 Å². The third-order valence-electron chi connectivity index (χ3n) is 14.9. The first-order chi connectivity index (χ1) is 38.3. The van der Waals surface area contributed by atoms with E-state index in [1.54, 1.807) is 62.4 Å². The Morgan fingerprint density at radius 2 is 0.725 bits per heavy atom. The fourth-order valence-electron chi connectivity index (χ4n) is 10.6. The summed E-state index contributed by atoms with van der Waals surface area (Å²) in [5.74, 6) is -6.68. The first-order valence-electron chi connectivity index (χ1n) is 28.8. The normalized spacial score (nSPS) is 26.8. The second-order valence-electron chi connectivity index (χ2n) is 22.2. The van der Waals surface area contributed by atoms with E-state index in [0.29, 0.717) is 36.8 Å². The largest absolute Gasteiger partial charge is 0.343 e. The van der Waals surface area contributed by atoms with Gasteiger partial charge in [0.25, 0.3) is 0 Å². The quantitative estimate of drug-likeness (QED) is 0.111. The molecule has 3 aliphatic heterocycles. The molecular weight excluding hydrogens is 1020 g/mol. The van der Waals surface area contributed by atoms with Gasteiger partial charge in [-0.05, 0) is 113 Å². The third-order valence-corrected chi connectivity index (χ3v) is 14.9. The fraction of sp³-hybridized carbons (Fsp3) is 0.621. The average molecular weight is 1110 g/mol. The van der Waals surface area contributed by atoms with Crippen LogP contribution >= 0.6 is 0 Å². The molecule has 10 atom stereocenters. The highest BCUT2D eigenvalue weighted by atomic mass is 16.2. The van der Waals surface area contributed by atoms with Crippen LogP contribution in [0.25, 0.3) is 0 Å².